The van der Waals surface area contributed by atoms with E-state index in [0.717, 1.165) is 11.4 Å². The van der Waals surface area contributed by atoms with Gasteiger partial charge < -0.3 is 29.6 Å². The summed E-state index contributed by atoms with van der Waals surface area (Å²) < 4.78 is 20.7. The fourth-order valence-electron chi connectivity index (χ4n) is 2.88. The summed E-state index contributed by atoms with van der Waals surface area (Å²) in [4.78, 5) is 16.2. The zero-order valence-corrected chi connectivity index (χ0v) is 21.5. The number of benzene rings is 2. The number of hydrogen-bond donors (Lipinski definition) is 2. The number of anilines is 4. The van der Waals surface area contributed by atoms with E-state index in [9.17, 15) is 0 Å². The molecule has 0 radical (unpaired) electrons. The zero-order valence-electron chi connectivity index (χ0n) is 20.0. The van der Waals surface area contributed by atoms with Gasteiger partial charge >= 0.3 is 0 Å². The van der Waals surface area contributed by atoms with Gasteiger partial charge in [-0.25, -0.2) is 19.9 Å². The molecule has 0 saturated carbocycles. The van der Waals surface area contributed by atoms with Crippen LogP contribution in [0.4, 0.5) is 23.3 Å². The van der Waals surface area contributed by atoms with E-state index in [1.165, 1.54) is 0 Å². The summed E-state index contributed by atoms with van der Waals surface area (Å²) in [6, 6.07) is 14.1. The van der Waals surface area contributed by atoms with Crippen LogP contribution in [0.15, 0.2) is 60.9 Å². The maximum atomic E-state index is 5.78. The van der Waals surface area contributed by atoms with Crippen molar-refractivity contribution in [3.63, 3.8) is 0 Å². The van der Waals surface area contributed by atoms with E-state index >= 15 is 0 Å². The first kappa shape index (κ1) is 26.6. The van der Waals surface area contributed by atoms with Crippen molar-refractivity contribution in [1.29, 1.82) is 0 Å². The zero-order chi connectivity index (χ0) is 25.9. The van der Waals surface area contributed by atoms with Crippen molar-refractivity contribution in [2.24, 2.45) is 0 Å². The Morgan fingerprint density at radius 2 is 0.944 bits per heavy atom. The third-order valence-corrected chi connectivity index (χ3v) is 4.94. The van der Waals surface area contributed by atoms with Gasteiger partial charge in [0.05, 0.1) is 28.4 Å². The van der Waals surface area contributed by atoms with Crippen LogP contribution in [-0.2, 0) is 0 Å². The summed E-state index contributed by atoms with van der Waals surface area (Å²) in [6.07, 6.45) is 3.16. The fourth-order valence-corrected chi connectivity index (χ4v) is 3.15. The molecule has 0 atom stereocenters. The highest BCUT2D eigenvalue weighted by Crippen LogP contribution is 2.31. The number of nitrogens with zero attached hydrogens (tertiary/aromatic N) is 4. The molecule has 2 N–H and O–H groups in total. The molecule has 0 aliphatic rings. The van der Waals surface area contributed by atoms with Gasteiger partial charge in [-0.2, -0.15) is 0 Å². The molecule has 0 aliphatic heterocycles. The second-order valence-electron chi connectivity index (χ2n) is 6.80. The molecule has 0 fully saturated rings. The normalized spacial score (nSPS) is 9.94. The lowest BCUT2D eigenvalue weighted by Gasteiger charge is -2.10. The molecule has 0 bridgehead atoms. The minimum absolute atomic E-state index is 0.382. The Hall–Kier alpha value is -4.02. The third kappa shape index (κ3) is 7.49. The average molecular weight is 531 g/mol. The summed E-state index contributed by atoms with van der Waals surface area (Å²) in [7, 11) is 6.34. The average Bonchev–Trinajstić information content (AvgIpc) is 2.89. The fraction of sp³-hybridized carbons (Fsp3) is 0.167. The standard InChI is InChI=1S/2C12H12ClN3O2/c2*1-17-9-4-3-8(7-10(9)18-2)15-12-14-6-5-11(13)16-12/h2*3-7H,1-2H3,(H,14,15,16). The molecule has 188 valence electrons. The first-order chi connectivity index (χ1) is 17.4. The van der Waals surface area contributed by atoms with Crippen LogP contribution in [0.3, 0.4) is 0 Å². The first-order valence-electron chi connectivity index (χ1n) is 10.4. The molecule has 0 spiro atoms. The molecule has 4 aromatic rings. The van der Waals surface area contributed by atoms with Crippen LogP contribution in [0.5, 0.6) is 23.0 Å². The highest BCUT2D eigenvalue weighted by atomic mass is 35.5. The number of methoxy groups -OCH3 is 4. The molecule has 10 nitrogen and oxygen atoms in total. The number of ether oxygens (including phenoxy) is 4. The predicted molar refractivity (Wildman–Crippen MR) is 140 cm³/mol. The van der Waals surface area contributed by atoms with Crippen molar-refractivity contribution < 1.29 is 18.9 Å². The van der Waals surface area contributed by atoms with E-state index in [1.54, 1.807) is 77.2 Å². The van der Waals surface area contributed by atoms with Gasteiger partial charge in [0.25, 0.3) is 0 Å². The van der Waals surface area contributed by atoms with Crippen LogP contribution < -0.4 is 29.6 Å². The van der Waals surface area contributed by atoms with Gasteiger partial charge in [0.15, 0.2) is 23.0 Å². The van der Waals surface area contributed by atoms with Crippen LogP contribution in [0.2, 0.25) is 10.3 Å². The van der Waals surface area contributed by atoms with Gasteiger partial charge in [-0.3, -0.25) is 0 Å². The molecule has 36 heavy (non-hydrogen) atoms. The molecule has 0 amide bonds. The lowest BCUT2D eigenvalue weighted by molar-refractivity contribution is 0.355. The lowest BCUT2D eigenvalue weighted by Crippen LogP contribution is -1.98. The minimum atomic E-state index is 0.382. The molecule has 2 aromatic heterocycles. The molecular weight excluding hydrogens is 507 g/mol. The van der Waals surface area contributed by atoms with E-state index in [2.05, 4.69) is 30.6 Å². The number of rotatable bonds is 8. The molecule has 2 heterocycles. The van der Waals surface area contributed by atoms with Gasteiger partial charge in [0, 0.05) is 35.9 Å². The Morgan fingerprint density at radius 1 is 0.556 bits per heavy atom. The SMILES string of the molecule is COc1ccc(Nc2nccc(Cl)n2)cc1OC.COc1ccc(Nc2nccc(Cl)n2)cc1OC. The van der Waals surface area contributed by atoms with Gasteiger partial charge in [0.1, 0.15) is 10.3 Å². The Kier molecular flexibility index (Phi) is 9.73. The summed E-state index contributed by atoms with van der Waals surface area (Å²) in [5, 5.41) is 6.82. The monoisotopic (exact) mass is 530 g/mol. The second-order valence-corrected chi connectivity index (χ2v) is 7.57. The van der Waals surface area contributed by atoms with Crippen molar-refractivity contribution in [2.45, 2.75) is 0 Å². The van der Waals surface area contributed by atoms with Crippen LogP contribution in [0.1, 0.15) is 0 Å². The van der Waals surface area contributed by atoms with Crippen molar-refractivity contribution in [1.82, 2.24) is 19.9 Å². The highest BCUT2D eigenvalue weighted by molar-refractivity contribution is 6.29. The van der Waals surface area contributed by atoms with Gasteiger partial charge in [-0.05, 0) is 36.4 Å². The van der Waals surface area contributed by atoms with Crippen molar-refractivity contribution in [3.8, 4) is 23.0 Å². The van der Waals surface area contributed by atoms with E-state index in [0.29, 0.717) is 45.2 Å². The van der Waals surface area contributed by atoms with Crippen molar-refractivity contribution in [2.75, 3.05) is 39.1 Å². The molecule has 0 unspecified atom stereocenters. The van der Waals surface area contributed by atoms with Crippen molar-refractivity contribution >= 4 is 46.5 Å². The number of nitrogens with one attached hydrogen (secondary N) is 2. The number of hydrogen-bond acceptors (Lipinski definition) is 10. The van der Waals surface area contributed by atoms with E-state index in [-0.39, 0.29) is 0 Å². The number of halogens is 2. The Labute approximate surface area is 218 Å². The van der Waals surface area contributed by atoms with Crippen LogP contribution in [0, 0.1) is 0 Å². The highest BCUT2D eigenvalue weighted by Gasteiger charge is 2.07. The Balaban J connectivity index is 0.000000201. The van der Waals surface area contributed by atoms with Crippen LogP contribution >= 0.6 is 23.2 Å². The Morgan fingerprint density at radius 3 is 1.28 bits per heavy atom. The van der Waals surface area contributed by atoms with Crippen LogP contribution in [0.25, 0.3) is 0 Å². The Bertz CT molecular complexity index is 1200. The summed E-state index contributed by atoms with van der Waals surface area (Å²) >= 11 is 11.6. The third-order valence-electron chi connectivity index (χ3n) is 4.52. The summed E-state index contributed by atoms with van der Waals surface area (Å²) in [5.74, 6) is 3.43. The quantitative estimate of drug-likeness (QED) is 0.271. The van der Waals surface area contributed by atoms with Crippen molar-refractivity contribution in [3.05, 3.63) is 71.2 Å². The van der Waals surface area contributed by atoms with Gasteiger partial charge in [0.2, 0.25) is 11.9 Å². The van der Waals surface area contributed by atoms with E-state index in [4.69, 9.17) is 42.1 Å². The number of aromatic nitrogens is 4. The molecule has 0 saturated heterocycles. The smallest absolute Gasteiger partial charge is 0.228 e. The summed E-state index contributed by atoms with van der Waals surface area (Å²) in [5.41, 5.74) is 1.57. The van der Waals surface area contributed by atoms with E-state index < -0.39 is 0 Å². The maximum absolute atomic E-state index is 5.78. The topological polar surface area (TPSA) is 113 Å². The maximum Gasteiger partial charge on any atom is 0.228 e. The molecule has 12 heteroatoms. The molecule has 2 aromatic carbocycles. The van der Waals surface area contributed by atoms with Gasteiger partial charge in [-0.15, -0.1) is 0 Å². The lowest BCUT2D eigenvalue weighted by atomic mass is 10.3. The van der Waals surface area contributed by atoms with Gasteiger partial charge in [-0.1, -0.05) is 23.2 Å². The predicted octanol–water partition coefficient (Wildman–Crippen LogP) is 5.78. The summed E-state index contributed by atoms with van der Waals surface area (Å²) in [6.45, 7) is 0. The second kappa shape index (κ2) is 13.2. The minimum Gasteiger partial charge on any atom is -0.493 e. The van der Waals surface area contributed by atoms with Crippen LogP contribution in [-0.4, -0.2) is 48.4 Å². The largest absolute Gasteiger partial charge is 0.493 e. The first-order valence-corrected chi connectivity index (χ1v) is 11.2. The van der Waals surface area contributed by atoms with E-state index in [1.807, 2.05) is 12.1 Å². The molecule has 4 rings (SSSR count). The molecular formula is C24H24Cl2N6O4. The molecule has 0 aliphatic carbocycles.